The monoisotopic (exact) mass is 828 g/mol. The highest BCUT2D eigenvalue weighted by Crippen LogP contribution is 2.33. The second-order valence-electron chi connectivity index (χ2n) is 14.0. The summed E-state index contributed by atoms with van der Waals surface area (Å²) in [5.74, 6) is 0. The van der Waals surface area contributed by atoms with Gasteiger partial charge in [0.05, 0.1) is 33.0 Å². The standard InChI is InChI=1S/C30H52O26/c31-1-6-11(34)16(39)19(42)27(51-6)48-5-10-15(38)25(56-30-21(44)18(41)13(36)8(3-33)53-30)23(46)28(54-10)49-4-9-14(37)24(22(45)26(47)50-9)55-29-20(43)17(40)12(35)7(2-32)52-29/h6-47H,1-5H2/t6-,7-,8-,9-,10-,11+,12+,13+,14+,15+,16+,17+,18+,19-,20-,21-,22-,23-,24+,25+,26?,27-,28-,29+,30+/m1/s1. The summed E-state index contributed by atoms with van der Waals surface area (Å²) >= 11 is 0. The van der Waals surface area contributed by atoms with Crippen molar-refractivity contribution >= 4 is 0 Å². The SMILES string of the molecule is OC[C@H]1O[C@@H](OC[C@H]2O[C@@H](OC[C@H]3OC(O)[C@H](O)[C@@H](O[C@@H]4O[C@H](CO)[C@H](O)[C@H](O)[C@H]4O)[C@H]3O)[C@H](O)[C@@H](O[C@@H]3O[C@H](CO)[C@H](O)[C@H](O)[C@H]3O)[C@H]2O)[C@H](O)[C@@H](O)[C@H]1O. The van der Waals surface area contributed by atoms with Gasteiger partial charge in [0.2, 0.25) is 0 Å². The Balaban J connectivity index is 1.32. The van der Waals surface area contributed by atoms with Crippen molar-refractivity contribution in [1.82, 2.24) is 0 Å². The molecule has 5 fully saturated rings. The fraction of sp³-hybridized carbons (Fsp3) is 1.00. The molecule has 0 aromatic rings. The molecular weight excluding hydrogens is 776 g/mol. The highest BCUT2D eigenvalue weighted by atomic mass is 16.8. The molecule has 1 unspecified atom stereocenters. The summed E-state index contributed by atoms with van der Waals surface area (Å²) in [4.78, 5) is 0. The van der Waals surface area contributed by atoms with Gasteiger partial charge in [-0.1, -0.05) is 0 Å². The maximum atomic E-state index is 11.3. The zero-order chi connectivity index (χ0) is 41.3. The number of hydrogen-bond acceptors (Lipinski definition) is 26. The summed E-state index contributed by atoms with van der Waals surface area (Å²) in [5.41, 5.74) is 0. The van der Waals surface area contributed by atoms with E-state index in [0.717, 1.165) is 0 Å². The Morgan fingerprint density at radius 1 is 0.304 bits per heavy atom. The van der Waals surface area contributed by atoms with Gasteiger partial charge in [0.15, 0.2) is 31.5 Å². The Morgan fingerprint density at radius 2 is 0.625 bits per heavy atom. The first-order valence-corrected chi connectivity index (χ1v) is 17.6. The van der Waals surface area contributed by atoms with Crippen molar-refractivity contribution in [3.05, 3.63) is 0 Å². The molecule has 25 atom stereocenters. The maximum Gasteiger partial charge on any atom is 0.187 e. The van der Waals surface area contributed by atoms with E-state index >= 15 is 0 Å². The predicted molar refractivity (Wildman–Crippen MR) is 167 cm³/mol. The van der Waals surface area contributed by atoms with E-state index in [0.29, 0.717) is 0 Å². The van der Waals surface area contributed by atoms with Crippen LogP contribution in [-0.4, -0.2) is 273 Å². The summed E-state index contributed by atoms with van der Waals surface area (Å²) in [6, 6.07) is 0. The van der Waals surface area contributed by atoms with E-state index < -0.39 is 187 Å². The smallest absolute Gasteiger partial charge is 0.187 e. The van der Waals surface area contributed by atoms with Crippen LogP contribution in [0.25, 0.3) is 0 Å². The molecule has 5 aliphatic heterocycles. The fourth-order valence-corrected chi connectivity index (χ4v) is 6.81. The molecule has 26 nitrogen and oxygen atoms in total. The zero-order valence-electron chi connectivity index (χ0n) is 29.2. The van der Waals surface area contributed by atoms with Crippen LogP contribution in [0.5, 0.6) is 0 Å². The van der Waals surface area contributed by atoms with Crippen LogP contribution in [0.3, 0.4) is 0 Å². The quantitative estimate of drug-likeness (QED) is 0.0819. The number of hydrogen-bond donors (Lipinski definition) is 17. The fourth-order valence-electron chi connectivity index (χ4n) is 6.81. The van der Waals surface area contributed by atoms with Crippen LogP contribution in [0.4, 0.5) is 0 Å². The summed E-state index contributed by atoms with van der Waals surface area (Å²) in [5, 5.41) is 175. The van der Waals surface area contributed by atoms with Gasteiger partial charge >= 0.3 is 0 Å². The second-order valence-corrected chi connectivity index (χ2v) is 14.0. The van der Waals surface area contributed by atoms with E-state index in [4.69, 9.17) is 42.6 Å². The molecule has 0 bridgehead atoms. The third-order valence-electron chi connectivity index (χ3n) is 10.3. The summed E-state index contributed by atoms with van der Waals surface area (Å²) in [7, 11) is 0. The van der Waals surface area contributed by atoms with Gasteiger partial charge in [-0.05, 0) is 0 Å². The lowest BCUT2D eigenvalue weighted by molar-refractivity contribution is -0.375. The van der Waals surface area contributed by atoms with E-state index in [1.165, 1.54) is 0 Å². The minimum atomic E-state index is -2.11. The van der Waals surface area contributed by atoms with E-state index in [1.807, 2.05) is 0 Å². The van der Waals surface area contributed by atoms with Gasteiger partial charge in [0, 0.05) is 0 Å². The molecule has 0 aromatic carbocycles. The van der Waals surface area contributed by atoms with Crippen LogP contribution >= 0.6 is 0 Å². The molecule has 56 heavy (non-hydrogen) atoms. The van der Waals surface area contributed by atoms with Crippen molar-refractivity contribution in [3.63, 3.8) is 0 Å². The van der Waals surface area contributed by atoms with Crippen LogP contribution in [0.2, 0.25) is 0 Å². The lowest BCUT2D eigenvalue weighted by Crippen LogP contribution is -2.66. The number of aliphatic hydroxyl groups is 17. The van der Waals surface area contributed by atoms with Gasteiger partial charge < -0.3 is 129 Å². The molecule has 5 rings (SSSR count). The Morgan fingerprint density at radius 3 is 1.04 bits per heavy atom. The summed E-state index contributed by atoms with van der Waals surface area (Å²) in [6.45, 7) is -4.13. The van der Waals surface area contributed by atoms with Crippen LogP contribution in [-0.2, 0) is 42.6 Å². The van der Waals surface area contributed by atoms with E-state index in [-0.39, 0.29) is 0 Å². The minimum Gasteiger partial charge on any atom is -0.394 e. The molecule has 0 aromatic heterocycles. The predicted octanol–water partition coefficient (Wildman–Crippen LogP) is -11.9. The van der Waals surface area contributed by atoms with Crippen molar-refractivity contribution in [2.24, 2.45) is 0 Å². The molecule has 5 saturated heterocycles. The first-order chi connectivity index (χ1) is 26.4. The molecule has 0 radical (unpaired) electrons. The number of ether oxygens (including phenoxy) is 9. The Hall–Kier alpha value is -1.04. The van der Waals surface area contributed by atoms with Crippen LogP contribution in [0, 0.1) is 0 Å². The molecular formula is C30H52O26. The van der Waals surface area contributed by atoms with Gasteiger partial charge in [-0.15, -0.1) is 0 Å². The lowest BCUT2D eigenvalue weighted by Gasteiger charge is -2.47. The summed E-state index contributed by atoms with van der Waals surface area (Å²) < 4.78 is 49.0. The third kappa shape index (κ3) is 9.46. The first kappa shape index (κ1) is 46.0. The highest BCUT2D eigenvalue weighted by Gasteiger charge is 2.54. The Bertz CT molecular complexity index is 1200. The third-order valence-corrected chi connectivity index (χ3v) is 10.3. The van der Waals surface area contributed by atoms with Crippen LogP contribution in [0.1, 0.15) is 0 Å². The zero-order valence-corrected chi connectivity index (χ0v) is 29.2. The molecule has 26 heteroatoms. The topological polar surface area (TPSA) is 427 Å². The molecule has 5 heterocycles. The molecule has 0 spiro atoms. The van der Waals surface area contributed by atoms with Gasteiger partial charge in [-0.3, -0.25) is 0 Å². The maximum absolute atomic E-state index is 11.3. The number of aliphatic hydroxyl groups excluding tert-OH is 17. The lowest BCUT2D eigenvalue weighted by atomic mass is 9.96. The van der Waals surface area contributed by atoms with E-state index in [2.05, 4.69) is 0 Å². The molecule has 0 amide bonds. The van der Waals surface area contributed by atoms with Gasteiger partial charge in [-0.25, -0.2) is 0 Å². The van der Waals surface area contributed by atoms with Crippen molar-refractivity contribution in [2.45, 2.75) is 154 Å². The second kappa shape index (κ2) is 19.6. The highest BCUT2D eigenvalue weighted by molar-refractivity contribution is 4.97. The molecule has 5 aliphatic rings. The molecule has 0 saturated carbocycles. The normalized spacial score (nSPS) is 53.2. The molecule has 0 aliphatic carbocycles. The van der Waals surface area contributed by atoms with Crippen molar-refractivity contribution in [2.75, 3.05) is 33.0 Å². The Labute approximate surface area is 316 Å². The van der Waals surface area contributed by atoms with Crippen molar-refractivity contribution in [3.8, 4) is 0 Å². The van der Waals surface area contributed by atoms with Gasteiger partial charge in [0.1, 0.15) is 122 Å². The van der Waals surface area contributed by atoms with E-state index in [9.17, 15) is 86.8 Å². The molecule has 328 valence electrons. The average molecular weight is 829 g/mol. The number of rotatable bonds is 13. The van der Waals surface area contributed by atoms with E-state index in [1.54, 1.807) is 0 Å². The average Bonchev–Trinajstić information content (AvgIpc) is 3.18. The van der Waals surface area contributed by atoms with Crippen LogP contribution in [0.15, 0.2) is 0 Å². The largest absolute Gasteiger partial charge is 0.394 e. The first-order valence-electron chi connectivity index (χ1n) is 17.6. The molecule has 17 N–H and O–H groups in total. The minimum absolute atomic E-state index is 0.784. The van der Waals surface area contributed by atoms with Gasteiger partial charge in [0.25, 0.3) is 0 Å². The van der Waals surface area contributed by atoms with Crippen LogP contribution < -0.4 is 0 Å². The van der Waals surface area contributed by atoms with Gasteiger partial charge in [-0.2, -0.15) is 0 Å². The summed E-state index contributed by atoms with van der Waals surface area (Å²) in [6.07, 6.45) is -45.9. The Kier molecular flexibility index (Phi) is 16.1. The van der Waals surface area contributed by atoms with Crippen molar-refractivity contribution in [1.29, 1.82) is 0 Å². The van der Waals surface area contributed by atoms with Crippen molar-refractivity contribution < 1.29 is 129 Å².